The Morgan fingerprint density at radius 3 is 2.75 bits per heavy atom. The van der Waals surface area contributed by atoms with Crippen molar-refractivity contribution in [1.82, 2.24) is 10.2 Å². The molecular formula is C13H24ClN3O2S. The molecule has 0 aliphatic heterocycles. The quantitative estimate of drug-likeness (QED) is 0.759. The summed E-state index contributed by atoms with van der Waals surface area (Å²) >= 11 is 1.69. The molecule has 0 spiro atoms. The van der Waals surface area contributed by atoms with Crippen molar-refractivity contribution in [3.63, 3.8) is 0 Å². The number of carbonyl (C=O) groups is 1. The lowest BCUT2D eigenvalue weighted by Gasteiger charge is -2.23. The average molecular weight is 322 g/mol. The average Bonchev–Trinajstić information content (AvgIpc) is 2.89. The number of thioether (sulfide) groups is 1. The van der Waals surface area contributed by atoms with E-state index in [9.17, 15) is 4.79 Å². The minimum atomic E-state index is -0.438. The topological polar surface area (TPSA) is 71.5 Å². The molecule has 0 saturated carbocycles. The van der Waals surface area contributed by atoms with Crippen LogP contribution in [0, 0.1) is 0 Å². The van der Waals surface area contributed by atoms with Gasteiger partial charge in [-0.25, -0.2) is 0 Å². The lowest BCUT2D eigenvalue weighted by Crippen LogP contribution is -2.44. The van der Waals surface area contributed by atoms with Crippen molar-refractivity contribution in [2.45, 2.75) is 18.5 Å². The van der Waals surface area contributed by atoms with Gasteiger partial charge in [0.15, 0.2) is 0 Å². The van der Waals surface area contributed by atoms with Crippen LogP contribution in [-0.2, 0) is 4.79 Å². The Morgan fingerprint density at radius 2 is 2.25 bits per heavy atom. The Kier molecular flexibility index (Phi) is 9.75. The fourth-order valence-corrected chi connectivity index (χ4v) is 2.21. The predicted octanol–water partition coefficient (Wildman–Crippen LogP) is 1.50. The normalized spacial score (nSPS) is 13.7. The number of nitrogens with two attached hydrogens (primary N) is 1. The smallest absolute Gasteiger partial charge is 0.237 e. The summed E-state index contributed by atoms with van der Waals surface area (Å²) in [7, 11) is 3.90. The third-order valence-electron chi connectivity index (χ3n) is 2.93. The summed E-state index contributed by atoms with van der Waals surface area (Å²) in [5.41, 5.74) is 5.82. The van der Waals surface area contributed by atoms with Crippen molar-refractivity contribution in [3.05, 3.63) is 24.2 Å². The number of amides is 1. The molecule has 1 amide bonds. The van der Waals surface area contributed by atoms with Crippen LogP contribution < -0.4 is 11.1 Å². The Labute approximate surface area is 131 Å². The number of hydrogen-bond donors (Lipinski definition) is 2. The van der Waals surface area contributed by atoms with Crippen molar-refractivity contribution in [2.24, 2.45) is 5.73 Å². The van der Waals surface area contributed by atoms with E-state index in [2.05, 4.69) is 5.32 Å². The standard InChI is InChI=1S/C13H23N3O2S.ClH/c1-16(2)11(12-5-4-7-18-12)9-15-13(17)10(14)6-8-19-3;/h4-5,7,10-11H,6,8-9,14H2,1-3H3,(H,15,17);1H/t10-,11?;/m0./s1. The summed E-state index contributed by atoms with van der Waals surface area (Å²) in [6.45, 7) is 0.492. The second-order valence-corrected chi connectivity index (χ2v) is 5.61. The van der Waals surface area contributed by atoms with Crippen molar-refractivity contribution in [1.29, 1.82) is 0 Å². The summed E-state index contributed by atoms with van der Waals surface area (Å²) < 4.78 is 5.39. The van der Waals surface area contributed by atoms with Crippen LogP contribution in [0.5, 0.6) is 0 Å². The number of hydrogen-bond acceptors (Lipinski definition) is 5. The molecule has 1 unspecified atom stereocenters. The second-order valence-electron chi connectivity index (χ2n) is 4.63. The Bertz CT molecular complexity index is 374. The molecule has 0 saturated heterocycles. The van der Waals surface area contributed by atoms with Crippen LogP contribution in [0.3, 0.4) is 0 Å². The zero-order chi connectivity index (χ0) is 14.3. The van der Waals surface area contributed by atoms with Crippen molar-refractivity contribution >= 4 is 30.1 Å². The third-order valence-corrected chi connectivity index (χ3v) is 3.58. The molecule has 0 fully saturated rings. The highest BCUT2D eigenvalue weighted by atomic mass is 35.5. The number of furan rings is 1. The molecule has 0 aromatic carbocycles. The largest absolute Gasteiger partial charge is 0.468 e. The van der Waals surface area contributed by atoms with Crippen molar-refractivity contribution < 1.29 is 9.21 Å². The van der Waals surface area contributed by atoms with Crippen LogP contribution in [0.1, 0.15) is 18.2 Å². The first kappa shape index (κ1) is 19.3. The summed E-state index contributed by atoms with van der Waals surface area (Å²) in [5.74, 6) is 1.62. The Balaban J connectivity index is 0.00000361. The molecule has 5 nitrogen and oxygen atoms in total. The van der Waals surface area contributed by atoms with Gasteiger partial charge in [0.25, 0.3) is 0 Å². The number of carbonyl (C=O) groups excluding carboxylic acids is 1. The van der Waals surface area contributed by atoms with E-state index in [1.165, 1.54) is 0 Å². The molecule has 1 aromatic heterocycles. The first-order chi connectivity index (χ1) is 9.06. The van der Waals surface area contributed by atoms with Gasteiger partial charge in [0.2, 0.25) is 5.91 Å². The summed E-state index contributed by atoms with van der Waals surface area (Å²) in [6, 6.07) is 3.33. The van der Waals surface area contributed by atoms with E-state index < -0.39 is 6.04 Å². The van der Waals surface area contributed by atoms with Gasteiger partial charge in [-0.1, -0.05) is 0 Å². The van der Waals surface area contributed by atoms with Crippen LogP contribution in [-0.4, -0.2) is 49.5 Å². The molecule has 0 bridgehead atoms. The van der Waals surface area contributed by atoms with Crippen molar-refractivity contribution in [3.8, 4) is 0 Å². The summed E-state index contributed by atoms with van der Waals surface area (Å²) in [4.78, 5) is 13.9. The number of nitrogens with zero attached hydrogens (tertiary/aromatic N) is 1. The maximum absolute atomic E-state index is 11.9. The Morgan fingerprint density at radius 1 is 1.55 bits per heavy atom. The molecule has 0 aliphatic carbocycles. The monoisotopic (exact) mass is 321 g/mol. The van der Waals surface area contributed by atoms with Gasteiger partial charge in [-0.3, -0.25) is 9.69 Å². The molecular weight excluding hydrogens is 298 g/mol. The van der Waals surface area contributed by atoms with Crippen LogP contribution in [0.4, 0.5) is 0 Å². The van der Waals surface area contributed by atoms with E-state index >= 15 is 0 Å². The molecule has 3 N–H and O–H groups in total. The first-order valence-electron chi connectivity index (χ1n) is 6.28. The van der Waals surface area contributed by atoms with Crippen LogP contribution in [0.25, 0.3) is 0 Å². The predicted molar refractivity (Wildman–Crippen MR) is 86.4 cm³/mol. The van der Waals surface area contributed by atoms with Crippen molar-refractivity contribution in [2.75, 3.05) is 32.6 Å². The molecule has 0 radical (unpaired) electrons. The minimum Gasteiger partial charge on any atom is -0.468 e. The van der Waals surface area contributed by atoms with E-state index in [0.717, 1.165) is 11.5 Å². The highest BCUT2D eigenvalue weighted by Crippen LogP contribution is 2.17. The lowest BCUT2D eigenvalue weighted by molar-refractivity contribution is -0.122. The summed E-state index contributed by atoms with van der Waals surface area (Å²) in [5, 5.41) is 2.89. The molecule has 7 heteroatoms. The van der Waals surface area contributed by atoms with Gasteiger partial charge in [-0.05, 0) is 44.7 Å². The number of likely N-dealkylation sites (N-methyl/N-ethyl adjacent to an activating group) is 1. The minimum absolute atomic E-state index is 0. The van der Waals surface area contributed by atoms with Gasteiger partial charge >= 0.3 is 0 Å². The molecule has 1 aromatic rings. The SMILES string of the molecule is CSCC[C@H](N)C(=O)NCC(c1ccco1)N(C)C.Cl. The van der Waals surface area contributed by atoms with E-state index in [4.69, 9.17) is 10.2 Å². The molecule has 2 atom stereocenters. The molecule has 116 valence electrons. The van der Waals surface area contributed by atoms with Gasteiger partial charge in [0.05, 0.1) is 18.3 Å². The maximum atomic E-state index is 11.9. The zero-order valence-electron chi connectivity index (χ0n) is 12.2. The fraction of sp³-hybridized carbons (Fsp3) is 0.615. The lowest BCUT2D eigenvalue weighted by atomic mass is 10.2. The molecule has 1 rings (SSSR count). The maximum Gasteiger partial charge on any atom is 0.237 e. The van der Waals surface area contributed by atoms with Crippen LogP contribution in [0.2, 0.25) is 0 Å². The molecule has 20 heavy (non-hydrogen) atoms. The van der Waals surface area contributed by atoms with Gasteiger partial charge in [0.1, 0.15) is 5.76 Å². The van der Waals surface area contributed by atoms with Gasteiger partial charge in [0, 0.05) is 6.54 Å². The second kappa shape index (κ2) is 10.1. The highest BCUT2D eigenvalue weighted by Gasteiger charge is 2.19. The number of nitrogens with one attached hydrogen (secondary N) is 1. The van der Waals surface area contributed by atoms with E-state index in [0.29, 0.717) is 13.0 Å². The van der Waals surface area contributed by atoms with Crippen LogP contribution in [0.15, 0.2) is 22.8 Å². The molecule has 1 heterocycles. The third kappa shape index (κ3) is 6.17. The van der Waals surface area contributed by atoms with E-state index in [-0.39, 0.29) is 24.4 Å². The van der Waals surface area contributed by atoms with Gasteiger partial charge in [-0.15, -0.1) is 12.4 Å². The highest BCUT2D eigenvalue weighted by molar-refractivity contribution is 7.98. The van der Waals surface area contributed by atoms with E-state index in [1.807, 2.05) is 37.4 Å². The fourth-order valence-electron chi connectivity index (χ4n) is 1.72. The zero-order valence-corrected chi connectivity index (χ0v) is 13.8. The number of halogens is 1. The first-order valence-corrected chi connectivity index (χ1v) is 7.67. The van der Waals surface area contributed by atoms with Crippen LogP contribution >= 0.6 is 24.2 Å². The summed E-state index contributed by atoms with van der Waals surface area (Å²) in [6.07, 6.45) is 4.34. The van der Waals surface area contributed by atoms with E-state index in [1.54, 1.807) is 18.0 Å². The number of rotatable bonds is 8. The van der Waals surface area contributed by atoms with Gasteiger partial charge in [-0.2, -0.15) is 11.8 Å². The molecule has 0 aliphatic rings. The van der Waals surface area contributed by atoms with Gasteiger partial charge < -0.3 is 15.5 Å². The Hall–Kier alpha value is -0.690.